The van der Waals surface area contributed by atoms with E-state index < -0.39 is 0 Å². The highest BCUT2D eigenvalue weighted by Crippen LogP contribution is 2.33. The summed E-state index contributed by atoms with van der Waals surface area (Å²) in [5.74, 6) is 1.25. The van der Waals surface area contributed by atoms with E-state index in [1.165, 1.54) is 4.90 Å². The number of carbonyl (C=O) groups excluding carboxylic acids is 2. The summed E-state index contributed by atoms with van der Waals surface area (Å²) in [6, 6.07) is 19.4. The fraction of sp³-hybridized carbons (Fsp3) is 0.276. The first-order chi connectivity index (χ1) is 18.5. The van der Waals surface area contributed by atoms with Crippen molar-refractivity contribution in [3.8, 4) is 17.1 Å². The van der Waals surface area contributed by atoms with Crippen LogP contribution in [0.2, 0.25) is 0 Å². The van der Waals surface area contributed by atoms with E-state index in [4.69, 9.17) is 14.5 Å². The Bertz CT molecular complexity index is 1510. The maximum absolute atomic E-state index is 13.2. The molecule has 1 saturated heterocycles. The molecule has 0 unspecified atom stereocenters. The van der Waals surface area contributed by atoms with E-state index in [2.05, 4.69) is 16.0 Å². The number of carbonyl (C=O) groups is 2. The van der Waals surface area contributed by atoms with Crippen LogP contribution in [0.1, 0.15) is 15.9 Å². The van der Waals surface area contributed by atoms with Crippen molar-refractivity contribution in [3.63, 3.8) is 0 Å². The minimum Gasteiger partial charge on any atom is -0.484 e. The quantitative estimate of drug-likeness (QED) is 0.425. The number of nitrogens with zero attached hydrogens (tertiary/aromatic N) is 4. The van der Waals surface area contributed by atoms with Crippen LogP contribution < -0.4 is 14.5 Å². The predicted molar refractivity (Wildman–Crippen MR) is 146 cm³/mol. The molecular formula is C29H29N5O4. The molecular weight excluding hydrogens is 482 g/mol. The van der Waals surface area contributed by atoms with Gasteiger partial charge in [0.15, 0.2) is 6.61 Å². The van der Waals surface area contributed by atoms with Crippen molar-refractivity contribution in [2.75, 3.05) is 56.8 Å². The summed E-state index contributed by atoms with van der Waals surface area (Å²) in [6.45, 7) is 3.71. The highest BCUT2D eigenvalue weighted by atomic mass is 16.5. The van der Waals surface area contributed by atoms with Gasteiger partial charge in [-0.05, 0) is 66.2 Å². The van der Waals surface area contributed by atoms with Crippen molar-refractivity contribution in [1.82, 2.24) is 14.9 Å². The summed E-state index contributed by atoms with van der Waals surface area (Å²) in [6.07, 6.45) is 0. The molecule has 1 aromatic heterocycles. The maximum atomic E-state index is 13.2. The number of aromatic amines is 1. The Morgan fingerprint density at radius 2 is 1.79 bits per heavy atom. The summed E-state index contributed by atoms with van der Waals surface area (Å²) in [4.78, 5) is 38.7. The Balaban J connectivity index is 1.19. The SMILES string of the molecule is CN(C)C(=O)COc1ccc(-c2nc3ccc(N4Cc5cc(N6CCOCC6)ccc5C4=O)cc3[nH]2)cc1. The summed E-state index contributed by atoms with van der Waals surface area (Å²) in [5, 5.41) is 0. The number of benzene rings is 3. The minimum atomic E-state index is -0.0979. The Morgan fingerprint density at radius 1 is 1.03 bits per heavy atom. The van der Waals surface area contributed by atoms with Gasteiger partial charge in [0.25, 0.3) is 11.8 Å². The molecule has 194 valence electrons. The number of fused-ring (bicyclic) bond motifs is 2. The van der Waals surface area contributed by atoms with E-state index in [1.807, 2.05) is 59.5 Å². The molecule has 38 heavy (non-hydrogen) atoms. The monoisotopic (exact) mass is 511 g/mol. The molecule has 0 bridgehead atoms. The van der Waals surface area contributed by atoms with Crippen LogP contribution in [-0.4, -0.2) is 73.7 Å². The van der Waals surface area contributed by atoms with Gasteiger partial charge in [-0.25, -0.2) is 4.98 Å². The second kappa shape index (κ2) is 9.83. The van der Waals surface area contributed by atoms with E-state index in [0.717, 1.165) is 71.2 Å². The molecule has 3 heterocycles. The van der Waals surface area contributed by atoms with Gasteiger partial charge in [-0.15, -0.1) is 0 Å². The van der Waals surface area contributed by atoms with Gasteiger partial charge in [0.1, 0.15) is 11.6 Å². The normalized spacial score (nSPS) is 15.2. The number of likely N-dealkylation sites (N-methyl/N-ethyl adjacent to an activating group) is 1. The number of ether oxygens (including phenoxy) is 2. The lowest BCUT2D eigenvalue weighted by Crippen LogP contribution is -2.36. The van der Waals surface area contributed by atoms with Crippen molar-refractivity contribution >= 4 is 34.2 Å². The molecule has 0 spiro atoms. The van der Waals surface area contributed by atoms with Crippen molar-refractivity contribution in [3.05, 3.63) is 71.8 Å². The van der Waals surface area contributed by atoms with Gasteiger partial charge in [0.05, 0.1) is 30.8 Å². The van der Waals surface area contributed by atoms with E-state index in [9.17, 15) is 9.59 Å². The average Bonchev–Trinajstić information content (AvgIpc) is 3.52. The average molecular weight is 512 g/mol. The summed E-state index contributed by atoms with van der Waals surface area (Å²) in [5.41, 5.74) is 6.33. The zero-order valence-corrected chi connectivity index (χ0v) is 21.4. The Hall–Kier alpha value is -4.37. The van der Waals surface area contributed by atoms with Crippen LogP contribution in [0.25, 0.3) is 22.4 Å². The largest absolute Gasteiger partial charge is 0.484 e. The van der Waals surface area contributed by atoms with Gasteiger partial charge in [-0.2, -0.15) is 0 Å². The molecule has 9 nitrogen and oxygen atoms in total. The summed E-state index contributed by atoms with van der Waals surface area (Å²) in [7, 11) is 3.39. The van der Waals surface area contributed by atoms with Crippen LogP contribution >= 0.6 is 0 Å². The number of aromatic nitrogens is 2. The molecule has 3 aromatic carbocycles. The van der Waals surface area contributed by atoms with Crippen molar-refractivity contribution in [1.29, 1.82) is 0 Å². The van der Waals surface area contributed by atoms with Gasteiger partial charge < -0.3 is 29.2 Å². The van der Waals surface area contributed by atoms with Crippen LogP contribution in [0.5, 0.6) is 5.75 Å². The molecule has 0 radical (unpaired) electrons. The molecule has 0 saturated carbocycles. The van der Waals surface area contributed by atoms with Crippen molar-refractivity contribution in [2.24, 2.45) is 0 Å². The fourth-order valence-electron chi connectivity index (χ4n) is 4.82. The third kappa shape index (κ3) is 4.56. The van der Waals surface area contributed by atoms with Crippen LogP contribution in [0.15, 0.2) is 60.7 Å². The highest BCUT2D eigenvalue weighted by Gasteiger charge is 2.29. The topological polar surface area (TPSA) is 91.0 Å². The second-order valence-electron chi connectivity index (χ2n) is 9.72. The Labute approximate surface area is 220 Å². The number of morpholine rings is 1. The van der Waals surface area contributed by atoms with E-state index in [-0.39, 0.29) is 18.4 Å². The fourth-order valence-corrected chi connectivity index (χ4v) is 4.82. The molecule has 1 fully saturated rings. The van der Waals surface area contributed by atoms with E-state index in [0.29, 0.717) is 12.3 Å². The Morgan fingerprint density at radius 3 is 2.55 bits per heavy atom. The van der Waals surface area contributed by atoms with Gasteiger partial charge in [0.2, 0.25) is 0 Å². The first-order valence-electron chi connectivity index (χ1n) is 12.7. The lowest BCUT2D eigenvalue weighted by molar-refractivity contribution is -0.130. The first kappa shape index (κ1) is 24.0. The lowest BCUT2D eigenvalue weighted by Gasteiger charge is -2.29. The number of nitrogens with one attached hydrogen (secondary N) is 1. The number of hydrogen-bond donors (Lipinski definition) is 1. The predicted octanol–water partition coefficient (Wildman–Crippen LogP) is 3.69. The van der Waals surface area contributed by atoms with Gasteiger partial charge in [0, 0.05) is 49.7 Å². The maximum Gasteiger partial charge on any atom is 0.259 e. The van der Waals surface area contributed by atoms with Gasteiger partial charge in [-0.3, -0.25) is 9.59 Å². The van der Waals surface area contributed by atoms with Crippen LogP contribution in [0.4, 0.5) is 11.4 Å². The second-order valence-corrected chi connectivity index (χ2v) is 9.72. The molecule has 2 amide bonds. The third-order valence-electron chi connectivity index (χ3n) is 7.04. The number of rotatable bonds is 6. The van der Waals surface area contributed by atoms with Crippen LogP contribution in [-0.2, 0) is 16.1 Å². The summed E-state index contributed by atoms with van der Waals surface area (Å²) < 4.78 is 11.0. The van der Waals surface area contributed by atoms with Gasteiger partial charge in [-0.1, -0.05) is 0 Å². The molecule has 4 aromatic rings. The zero-order valence-electron chi connectivity index (χ0n) is 21.4. The third-order valence-corrected chi connectivity index (χ3v) is 7.04. The number of amides is 2. The standard InChI is InChI=1S/C29H29N5O4/c1-32(2)27(35)18-38-23-7-3-19(4-8-23)28-30-25-10-6-22(16-26(25)31-28)34-17-20-15-21(5-9-24(20)29(34)36)33-11-13-37-14-12-33/h3-10,15-16H,11-14,17-18H2,1-2H3,(H,30,31). The zero-order chi connectivity index (χ0) is 26.2. The van der Waals surface area contributed by atoms with Crippen molar-refractivity contribution < 1.29 is 19.1 Å². The molecule has 0 aliphatic carbocycles. The van der Waals surface area contributed by atoms with E-state index in [1.54, 1.807) is 14.1 Å². The van der Waals surface area contributed by atoms with E-state index >= 15 is 0 Å². The van der Waals surface area contributed by atoms with Crippen LogP contribution in [0.3, 0.4) is 0 Å². The number of hydrogen-bond acceptors (Lipinski definition) is 6. The molecule has 2 aliphatic heterocycles. The molecule has 2 aliphatic rings. The molecule has 6 rings (SSSR count). The van der Waals surface area contributed by atoms with Crippen molar-refractivity contribution in [2.45, 2.75) is 6.54 Å². The number of anilines is 2. The first-order valence-corrected chi connectivity index (χ1v) is 12.7. The smallest absolute Gasteiger partial charge is 0.259 e. The Kier molecular flexibility index (Phi) is 6.21. The number of H-pyrrole nitrogens is 1. The summed E-state index contributed by atoms with van der Waals surface area (Å²) >= 11 is 0. The highest BCUT2D eigenvalue weighted by molar-refractivity contribution is 6.10. The van der Waals surface area contributed by atoms with Crippen LogP contribution in [0, 0.1) is 0 Å². The lowest BCUT2D eigenvalue weighted by atomic mass is 10.1. The molecule has 1 N–H and O–H groups in total. The van der Waals surface area contributed by atoms with Gasteiger partial charge >= 0.3 is 0 Å². The minimum absolute atomic E-state index is 0.00657. The molecule has 9 heteroatoms. The number of imidazole rings is 1. The molecule has 0 atom stereocenters.